The summed E-state index contributed by atoms with van der Waals surface area (Å²) in [6.45, 7) is 1.97. The van der Waals surface area contributed by atoms with Gasteiger partial charge in [0.15, 0.2) is 11.5 Å². The molecule has 0 amide bonds. The molecular formula is C12H13F3N4OS. The topological polar surface area (TPSA) is 63.8 Å². The van der Waals surface area contributed by atoms with Crippen LogP contribution in [0.15, 0.2) is 9.90 Å². The third-order valence-electron chi connectivity index (χ3n) is 3.58. The van der Waals surface area contributed by atoms with E-state index in [1.165, 1.54) is 0 Å². The molecule has 2 aromatic rings. The molecule has 1 aliphatic rings. The van der Waals surface area contributed by atoms with E-state index in [9.17, 15) is 13.2 Å². The molecule has 5 nitrogen and oxygen atoms in total. The maximum atomic E-state index is 12.5. The molecule has 2 aromatic heterocycles. The zero-order chi connectivity index (χ0) is 15.1. The van der Waals surface area contributed by atoms with E-state index in [0.717, 1.165) is 36.0 Å². The average Bonchev–Trinajstić information content (AvgIpc) is 2.96. The van der Waals surface area contributed by atoms with Crippen molar-refractivity contribution in [2.45, 2.75) is 44.4 Å². The van der Waals surface area contributed by atoms with E-state index in [-0.39, 0.29) is 6.54 Å². The van der Waals surface area contributed by atoms with Crippen LogP contribution in [0.1, 0.15) is 41.7 Å². The Bertz CT molecular complexity index is 632. The standard InChI is InChI=1S/C12H13F3N4OS/c1-7-17-10(19-20-7)11(3-2-4-11)16-5-9-18-8(6-21-9)12(13,14)15/h6,16H,2-5H2,1H3. The number of thiazole rings is 1. The molecule has 1 N–H and O–H groups in total. The zero-order valence-electron chi connectivity index (χ0n) is 11.2. The number of aryl methyl sites for hydroxylation is 1. The molecule has 0 aromatic carbocycles. The lowest BCUT2D eigenvalue weighted by Crippen LogP contribution is -2.48. The Hall–Kier alpha value is -1.48. The average molecular weight is 318 g/mol. The van der Waals surface area contributed by atoms with Crippen molar-refractivity contribution in [2.75, 3.05) is 0 Å². The number of aromatic nitrogens is 3. The van der Waals surface area contributed by atoms with Gasteiger partial charge in [-0.15, -0.1) is 11.3 Å². The molecule has 0 unspecified atom stereocenters. The van der Waals surface area contributed by atoms with Crippen molar-refractivity contribution in [3.05, 3.63) is 27.8 Å². The van der Waals surface area contributed by atoms with Crippen molar-refractivity contribution in [2.24, 2.45) is 0 Å². The van der Waals surface area contributed by atoms with Gasteiger partial charge in [0.1, 0.15) is 5.01 Å². The smallest absolute Gasteiger partial charge is 0.340 e. The molecule has 9 heteroatoms. The van der Waals surface area contributed by atoms with Crippen molar-refractivity contribution < 1.29 is 17.7 Å². The van der Waals surface area contributed by atoms with Crippen LogP contribution >= 0.6 is 11.3 Å². The first-order chi connectivity index (χ1) is 9.89. The highest BCUT2D eigenvalue weighted by Gasteiger charge is 2.42. The second-order valence-corrected chi connectivity index (χ2v) is 5.99. The van der Waals surface area contributed by atoms with Crippen LogP contribution in [0, 0.1) is 6.92 Å². The first kappa shape index (κ1) is 14.5. The number of halogens is 3. The van der Waals surface area contributed by atoms with Gasteiger partial charge in [0.2, 0.25) is 5.89 Å². The first-order valence-electron chi connectivity index (χ1n) is 6.46. The lowest BCUT2D eigenvalue weighted by molar-refractivity contribution is -0.140. The SMILES string of the molecule is Cc1nc(C2(NCc3nc(C(F)(F)F)cs3)CCC2)no1. The zero-order valence-corrected chi connectivity index (χ0v) is 12.0. The number of nitrogens with one attached hydrogen (secondary N) is 1. The van der Waals surface area contributed by atoms with E-state index in [0.29, 0.717) is 16.7 Å². The van der Waals surface area contributed by atoms with Gasteiger partial charge in [0, 0.05) is 18.8 Å². The molecule has 0 atom stereocenters. The van der Waals surface area contributed by atoms with E-state index < -0.39 is 17.4 Å². The highest BCUT2D eigenvalue weighted by Crippen LogP contribution is 2.40. The third kappa shape index (κ3) is 2.80. The molecule has 0 aliphatic heterocycles. The fourth-order valence-electron chi connectivity index (χ4n) is 2.27. The summed E-state index contributed by atoms with van der Waals surface area (Å²) >= 11 is 0.994. The summed E-state index contributed by atoms with van der Waals surface area (Å²) in [4.78, 5) is 7.83. The summed E-state index contributed by atoms with van der Waals surface area (Å²) in [5.41, 5.74) is -1.25. The second kappa shape index (κ2) is 5.06. The molecule has 1 fully saturated rings. The van der Waals surface area contributed by atoms with Gasteiger partial charge in [0.05, 0.1) is 5.54 Å². The Morgan fingerprint density at radius 1 is 1.38 bits per heavy atom. The number of hydrogen-bond acceptors (Lipinski definition) is 6. The summed E-state index contributed by atoms with van der Waals surface area (Å²) in [7, 11) is 0. The monoisotopic (exact) mass is 318 g/mol. The van der Waals surface area contributed by atoms with Gasteiger partial charge >= 0.3 is 6.18 Å². The van der Waals surface area contributed by atoms with Gasteiger partial charge in [-0.1, -0.05) is 5.16 Å². The van der Waals surface area contributed by atoms with E-state index in [1.54, 1.807) is 6.92 Å². The van der Waals surface area contributed by atoms with Gasteiger partial charge in [-0.2, -0.15) is 18.2 Å². The second-order valence-electron chi connectivity index (χ2n) is 5.05. The minimum atomic E-state index is -4.40. The van der Waals surface area contributed by atoms with Crippen molar-refractivity contribution in [1.82, 2.24) is 20.4 Å². The summed E-state index contributed by atoms with van der Waals surface area (Å²) in [6.07, 6.45) is -1.70. The molecule has 114 valence electrons. The fraction of sp³-hybridized carbons (Fsp3) is 0.583. The highest BCUT2D eigenvalue weighted by atomic mass is 32.1. The molecule has 1 aliphatic carbocycles. The van der Waals surface area contributed by atoms with Crippen molar-refractivity contribution in [3.8, 4) is 0 Å². The fourth-order valence-corrected chi connectivity index (χ4v) is 3.01. The summed E-state index contributed by atoms with van der Waals surface area (Å²) in [5, 5.41) is 8.59. The molecule has 2 heterocycles. The Morgan fingerprint density at radius 2 is 2.14 bits per heavy atom. The largest absolute Gasteiger partial charge is 0.434 e. The predicted molar refractivity (Wildman–Crippen MR) is 68.5 cm³/mol. The van der Waals surface area contributed by atoms with Gasteiger partial charge in [-0.05, 0) is 19.3 Å². The minimum Gasteiger partial charge on any atom is -0.340 e. The van der Waals surface area contributed by atoms with Crippen LogP contribution in [-0.2, 0) is 18.3 Å². The quantitative estimate of drug-likeness (QED) is 0.939. The number of alkyl halides is 3. The number of rotatable bonds is 4. The molecule has 21 heavy (non-hydrogen) atoms. The van der Waals surface area contributed by atoms with Crippen LogP contribution in [0.2, 0.25) is 0 Å². The summed E-state index contributed by atoms with van der Waals surface area (Å²) < 4.78 is 42.5. The van der Waals surface area contributed by atoms with E-state index in [2.05, 4.69) is 20.4 Å². The normalized spacial score (nSPS) is 17.7. The number of nitrogens with zero attached hydrogens (tertiary/aromatic N) is 3. The van der Waals surface area contributed by atoms with Crippen molar-refractivity contribution in [1.29, 1.82) is 0 Å². The summed E-state index contributed by atoms with van der Waals surface area (Å²) in [5.74, 6) is 1.05. The predicted octanol–water partition coefficient (Wildman–Crippen LogP) is 3.02. The van der Waals surface area contributed by atoms with E-state index in [1.807, 2.05) is 0 Å². The Kier molecular flexibility index (Phi) is 3.48. The Balaban J connectivity index is 1.70. The minimum absolute atomic E-state index is 0.258. The molecule has 0 saturated heterocycles. The number of hydrogen-bond donors (Lipinski definition) is 1. The van der Waals surface area contributed by atoms with Crippen molar-refractivity contribution in [3.63, 3.8) is 0 Å². The van der Waals surface area contributed by atoms with Gasteiger partial charge in [-0.3, -0.25) is 5.32 Å². The van der Waals surface area contributed by atoms with Crippen LogP contribution in [0.25, 0.3) is 0 Å². The first-order valence-corrected chi connectivity index (χ1v) is 7.34. The lowest BCUT2D eigenvalue weighted by Gasteiger charge is -2.39. The van der Waals surface area contributed by atoms with Gasteiger partial charge < -0.3 is 4.52 Å². The molecular weight excluding hydrogens is 305 g/mol. The van der Waals surface area contributed by atoms with E-state index in [4.69, 9.17) is 4.52 Å². The highest BCUT2D eigenvalue weighted by molar-refractivity contribution is 7.09. The van der Waals surface area contributed by atoms with Crippen LogP contribution in [0.3, 0.4) is 0 Å². The summed E-state index contributed by atoms with van der Waals surface area (Å²) in [6, 6.07) is 0. The van der Waals surface area contributed by atoms with E-state index >= 15 is 0 Å². The third-order valence-corrected chi connectivity index (χ3v) is 4.43. The van der Waals surface area contributed by atoms with Crippen molar-refractivity contribution >= 4 is 11.3 Å². The van der Waals surface area contributed by atoms with Crippen LogP contribution in [-0.4, -0.2) is 15.1 Å². The molecule has 0 bridgehead atoms. The van der Waals surface area contributed by atoms with Crippen LogP contribution in [0.4, 0.5) is 13.2 Å². The molecule has 1 saturated carbocycles. The van der Waals surface area contributed by atoms with Gasteiger partial charge in [0.25, 0.3) is 0 Å². The Labute approximate surface area is 122 Å². The van der Waals surface area contributed by atoms with Gasteiger partial charge in [-0.25, -0.2) is 4.98 Å². The molecule has 0 spiro atoms. The molecule has 3 rings (SSSR count). The molecule has 0 radical (unpaired) electrons. The lowest BCUT2D eigenvalue weighted by atomic mass is 9.76. The Morgan fingerprint density at radius 3 is 2.62 bits per heavy atom. The maximum absolute atomic E-state index is 12.5. The van der Waals surface area contributed by atoms with Crippen LogP contribution < -0.4 is 5.32 Å². The van der Waals surface area contributed by atoms with Crippen LogP contribution in [0.5, 0.6) is 0 Å². The maximum Gasteiger partial charge on any atom is 0.434 e.